The van der Waals surface area contributed by atoms with Crippen LogP contribution in [0, 0.1) is 5.92 Å². The second-order valence-electron chi connectivity index (χ2n) is 5.38. The maximum atomic E-state index is 5.53. The summed E-state index contributed by atoms with van der Waals surface area (Å²) in [4.78, 5) is 4.64. The highest BCUT2D eigenvalue weighted by Crippen LogP contribution is 2.30. The Hall–Kier alpha value is -1.29. The maximum Gasteiger partial charge on any atom is 0.184 e. The van der Waals surface area contributed by atoms with E-state index >= 15 is 0 Å². The number of fused-ring (bicyclic) bond motifs is 1. The van der Waals surface area contributed by atoms with Gasteiger partial charge in [0.1, 0.15) is 5.75 Å². The van der Waals surface area contributed by atoms with E-state index in [0.29, 0.717) is 12.6 Å². The van der Waals surface area contributed by atoms with E-state index in [-0.39, 0.29) is 0 Å². The summed E-state index contributed by atoms with van der Waals surface area (Å²) in [6, 6.07) is 6.54. The number of nitrogens with zero attached hydrogens (tertiary/aromatic N) is 1. The van der Waals surface area contributed by atoms with Crippen LogP contribution in [-0.4, -0.2) is 17.6 Å². The first-order valence-electron chi connectivity index (χ1n) is 7.42. The molecule has 1 N–H and O–H groups in total. The summed E-state index contributed by atoms with van der Waals surface area (Å²) < 4.78 is 6.71. The van der Waals surface area contributed by atoms with Crippen molar-refractivity contribution in [3.8, 4) is 5.75 Å². The van der Waals surface area contributed by atoms with Crippen LogP contribution < -0.4 is 10.1 Å². The molecular weight excluding hydrogens is 268 g/mol. The predicted molar refractivity (Wildman–Crippen MR) is 87.9 cm³/mol. The van der Waals surface area contributed by atoms with Crippen LogP contribution in [0.2, 0.25) is 0 Å². The SMILES string of the molecule is CCOc1ccc2nc(NC(C)CC(C)CC)sc2c1. The molecule has 2 rings (SSSR count). The van der Waals surface area contributed by atoms with Gasteiger partial charge in [-0.1, -0.05) is 31.6 Å². The van der Waals surface area contributed by atoms with E-state index in [9.17, 15) is 0 Å². The largest absolute Gasteiger partial charge is 0.494 e. The highest BCUT2D eigenvalue weighted by Gasteiger charge is 2.10. The zero-order valence-corrected chi connectivity index (χ0v) is 13.6. The summed E-state index contributed by atoms with van der Waals surface area (Å²) in [6.45, 7) is 9.46. The number of hydrogen-bond acceptors (Lipinski definition) is 4. The first kappa shape index (κ1) is 15.1. The van der Waals surface area contributed by atoms with Crippen LogP contribution in [0.1, 0.15) is 40.5 Å². The average molecular weight is 292 g/mol. The minimum Gasteiger partial charge on any atom is -0.494 e. The molecule has 0 saturated carbocycles. The molecule has 0 fully saturated rings. The molecule has 3 nitrogen and oxygen atoms in total. The summed E-state index contributed by atoms with van der Waals surface area (Å²) in [7, 11) is 0. The van der Waals surface area contributed by atoms with Gasteiger partial charge in [0, 0.05) is 6.04 Å². The standard InChI is InChI=1S/C16H24N2OS/c1-5-11(3)9-12(4)17-16-18-14-8-7-13(19-6-2)10-15(14)20-16/h7-8,10-12H,5-6,9H2,1-4H3,(H,17,18). The van der Waals surface area contributed by atoms with Crippen molar-refractivity contribution in [1.29, 1.82) is 0 Å². The molecule has 0 bridgehead atoms. The zero-order valence-electron chi connectivity index (χ0n) is 12.8. The third-order valence-corrected chi connectivity index (χ3v) is 4.44. The van der Waals surface area contributed by atoms with Gasteiger partial charge in [0.25, 0.3) is 0 Å². The van der Waals surface area contributed by atoms with Gasteiger partial charge in [-0.15, -0.1) is 0 Å². The third-order valence-electron chi connectivity index (χ3n) is 3.49. The lowest BCUT2D eigenvalue weighted by Crippen LogP contribution is -2.17. The molecule has 0 radical (unpaired) electrons. The molecule has 0 spiro atoms. The predicted octanol–water partition coefficient (Wildman–Crippen LogP) is 4.93. The number of hydrogen-bond donors (Lipinski definition) is 1. The van der Waals surface area contributed by atoms with Gasteiger partial charge in [-0.3, -0.25) is 0 Å². The third kappa shape index (κ3) is 3.85. The van der Waals surface area contributed by atoms with Crippen molar-refractivity contribution in [3.05, 3.63) is 18.2 Å². The van der Waals surface area contributed by atoms with Crippen molar-refractivity contribution in [1.82, 2.24) is 4.98 Å². The Bertz CT molecular complexity index is 552. The Balaban J connectivity index is 2.07. The number of benzene rings is 1. The summed E-state index contributed by atoms with van der Waals surface area (Å²) >= 11 is 1.70. The van der Waals surface area contributed by atoms with Gasteiger partial charge in [0.15, 0.2) is 5.13 Å². The molecule has 1 aromatic carbocycles. The number of aromatic nitrogens is 1. The fraction of sp³-hybridized carbons (Fsp3) is 0.562. The first-order chi connectivity index (χ1) is 9.62. The fourth-order valence-electron chi connectivity index (χ4n) is 2.26. The molecule has 2 unspecified atom stereocenters. The Labute approximate surface area is 125 Å². The van der Waals surface area contributed by atoms with Crippen LogP contribution in [0.4, 0.5) is 5.13 Å². The summed E-state index contributed by atoms with van der Waals surface area (Å²) in [5.41, 5.74) is 1.04. The average Bonchev–Trinajstić information content (AvgIpc) is 2.80. The smallest absolute Gasteiger partial charge is 0.184 e. The van der Waals surface area contributed by atoms with Crippen molar-refractivity contribution in [3.63, 3.8) is 0 Å². The number of rotatable bonds is 7. The summed E-state index contributed by atoms with van der Waals surface area (Å²) in [5.74, 6) is 1.67. The highest BCUT2D eigenvalue weighted by atomic mass is 32.1. The van der Waals surface area contributed by atoms with E-state index in [1.165, 1.54) is 17.5 Å². The Morgan fingerprint density at radius 3 is 2.80 bits per heavy atom. The molecule has 4 heteroatoms. The quantitative estimate of drug-likeness (QED) is 0.785. The fourth-order valence-corrected chi connectivity index (χ4v) is 3.27. The van der Waals surface area contributed by atoms with Gasteiger partial charge in [0.2, 0.25) is 0 Å². The molecule has 0 saturated heterocycles. The Morgan fingerprint density at radius 1 is 1.30 bits per heavy atom. The second-order valence-corrected chi connectivity index (χ2v) is 6.41. The molecule has 0 aliphatic rings. The molecule has 0 amide bonds. The second kappa shape index (κ2) is 6.93. The van der Waals surface area contributed by atoms with Crippen LogP contribution in [0.3, 0.4) is 0 Å². The van der Waals surface area contributed by atoms with Gasteiger partial charge in [-0.05, 0) is 44.4 Å². The van der Waals surface area contributed by atoms with Crippen molar-refractivity contribution >= 4 is 26.7 Å². The first-order valence-corrected chi connectivity index (χ1v) is 8.24. The van der Waals surface area contributed by atoms with Crippen molar-refractivity contribution in [2.45, 2.75) is 46.6 Å². The van der Waals surface area contributed by atoms with Crippen LogP contribution >= 0.6 is 11.3 Å². The van der Waals surface area contributed by atoms with Gasteiger partial charge in [-0.25, -0.2) is 4.98 Å². The van der Waals surface area contributed by atoms with Crippen LogP contribution in [0.15, 0.2) is 18.2 Å². The minimum atomic E-state index is 0.455. The number of nitrogens with one attached hydrogen (secondary N) is 1. The lowest BCUT2D eigenvalue weighted by atomic mass is 10.0. The monoisotopic (exact) mass is 292 g/mol. The van der Waals surface area contributed by atoms with Crippen LogP contribution in [0.5, 0.6) is 5.75 Å². The van der Waals surface area contributed by atoms with Crippen molar-refractivity contribution in [2.24, 2.45) is 5.92 Å². The van der Waals surface area contributed by atoms with E-state index in [2.05, 4.69) is 37.1 Å². The maximum absolute atomic E-state index is 5.53. The van der Waals surface area contributed by atoms with Crippen molar-refractivity contribution in [2.75, 3.05) is 11.9 Å². The summed E-state index contributed by atoms with van der Waals surface area (Å²) in [5, 5.41) is 4.52. The lowest BCUT2D eigenvalue weighted by Gasteiger charge is -2.16. The molecule has 1 heterocycles. The zero-order chi connectivity index (χ0) is 14.5. The van der Waals surface area contributed by atoms with Gasteiger partial charge >= 0.3 is 0 Å². The Morgan fingerprint density at radius 2 is 2.10 bits per heavy atom. The van der Waals surface area contributed by atoms with E-state index in [0.717, 1.165) is 22.3 Å². The van der Waals surface area contributed by atoms with E-state index < -0.39 is 0 Å². The molecule has 0 aliphatic carbocycles. The number of thiazole rings is 1. The molecule has 1 aromatic heterocycles. The summed E-state index contributed by atoms with van der Waals surface area (Å²) in [6.07, 6.45) is 2.40. The topological polar surface area (TPSA) is 34.1 Å². The molecule has 2 atom stereocenters. The van der Waals surface area contributed by atoms with Gasteiger partial charge < -0.3 is 10.1 Å². The van der Waals surface area contributed by atoms with E-state index in [1.807, 2.05) is 19.1 Å². The normalized spacial score (nSPS) is 14.2. The van der Waals surface area contributed by atoms with E-state index in [4.69, 9.17) is 4.74 Å². The lowest BCUT2D eigenvalue weighted by molar-refractivity contribution is 0.341. The minimum absolute atomic E-state index is 0.455. The highest BCUT2D eigenvalue weighted by molar-refractivity contribution is 7.22. The molecular formula is C16H24N2OS. The molecule has 0 aliphatic heterocycles. The van der Waals surface area contributed by atoms with E-state index in [1.54, 1.807) is 11.3 Å². The molecule has 110 valence electrons. The number of ether oxygens (including phenoxy) is 1. The number of anilines is 1. The molecule has 20 heavy (non-hydrogen) atoms. The molecule has 2 aromatic rings. The van der Waals surface area contributed by atoms with Crippen molar-refractivity contribution < 1.29 is 4.74 Å². The van der Waals surface area contributed by atoms with Crippen LogP contribution in [-0.2, 0) is 0 Å². The van der Waals surface area contributed by atoms with Crippen LogP contribution in [0.25, 0.3) is 10.2 Å². The Kier molecular flexibility index (Phi) is 5.24. The van der Waals surface area contributed by atoms with Gasteiger partial charge in [0.05, 0.1) is 16.8 Å². The van der Waals surface area contributed by atoms with Gasteiger partial charge in [-0.2, -0.15) is 0 Å².